The van der Waals surface area contributed by atoms with Gasteiger partial charge >= 0.3 is 0 Å². The lowest BCUT2D eigenvalue weighted by molar-refractivity contribution is -0.194. The van der Waals surface area contributed by atoms with Crippen LogP contribution in [-0.4, -0.2) is 50.8 Å². The van der Waals surface area contributed by atoms with Crippen molar-refractivity contribution in [2.45, 2.75) is 102 Å². The van der Waals surface area contributed by atoms with Crippen LogP contribution in [0, 0.1) is 23.2 Å². The Labute approximate surface area is 197 Å². The number of aliphatic hydroxyl groups excluding tert-OH is 3. The van der Waals surface area contributed by atoms with Crippen LogP contribution < -0.4 is 0 Å². The molecule has 0 bridgehead atoms. The SMILES string of the molecule is C=C1/C(=C/C=C2\CCC[C@]3(C)[C@@H]([C@H](C)CCC(F)(F)[C@@](C)(O)CO)CC[C@@H]23)C[C@@H](O)C[C@@H]1O. The lowest BCUT2D eigenvalue weighted by Gasteiger charge is -2.44. The highest BCUT2D eigenvalue weighted by molar-refractivity contribution is 5.38. The Hall–Kier alpha value is -1.08. The van der Waals surface area contributed by atoms with Crippen molar-refractivity contribution in [3.63, 3.8) is 0 Å². The largest absolute Gasteiger partial charge is 0.393 e. The molecule has 0 amide bonds. The molecule has 188 valence electrons. The van der Waals surface area contributed by atoms with Gasteiger partial charge in [-0.2, -0.15) is 0 Å². The first-order valence-electron chi connectivity index (χ1n) is 12.5. The first kappa shape index (κ1) is 26.5. The van der Waals surface area contributed by atoms with E-state index >= 15 is 0 Å². The fourth-order valence-electron chi connectivity index (χ4n) is 6.67. The Balaban J connectivity index is 1.72. The van der Waals surface area contributed by atoms with Crippen LogP contribution in [0.3, 0.4) is 0 Å². The predicted molar refractivity (Wildman–Crippen MR) is 126 cm³/mol. The fourth-order valence-corrected chi connectivity index (χ4v) is 6.67. The number of allylic oxidation sites excluding steroid dienone is 3. The minimum atomic E-state index is -3.32. The Morgan fingerprint density at radius 1 is 1.24 bits per heavy atom. The molecule has 3 aliphatic rings. The van der Waals surface area contributed by atoms with Crippen molar-refractivity contribution in [3.8, 4) is 0 Å². The first-order chi connectivity index (χ1) is 15.3. The summed E-state index contributed by atoms with van der Waals surface area (Å²) in [5, 5.41) is 39.1. The standard InChI is InChI=1S/C27H42F2O4/c1-17(11-13-27(28,29)26(4,33)16-30)22-9-10-23-19(6-5-12-25(22,23)3)7-8-20-14-21(31)15-24(32)18(20)2/h7-8,17,21-24,30-33H,2,5-6,9-16H2,1,3-4H3/b19-7+,20-8+/t17-,21-,22-,23+,24+,25-,26+/m1/s1. The molecular weight excluding hydrogens is 426 g/mol. The zero-order chi connectivity index (χ0) is 24.6. The van der Waals surface area contributed by atoms with Gasteiger partial charge in [0.25, 0.3) is 5.92 Å². The molecule has 3 rings (SSSR count). The molecule has 7 atom stereocenters. The highest BCUT2D eigenvalue weighted by atomic mass is 19.3. The molecule has 0 aromatic heterocycles. The van der Waals surface area contributed by atoms with Crippen LogP contribution in [-0.2, 0) is 0 Å². The highest BCUT2D eigenvalue weighted by Gasteiger charge is 2.52. The van der Waals surface area contributed by atoms with Crippen molar-refractivity contribution in [2.24, 2.45) is 23.2 Å². The van der Waals surface area contributed by atoms with E-state index in [4.69, 9.17) is 5.11 Å². The van der Waals surface area contributed by atoms with Crippen LogP contribution in [0.1, 0.15) is 78.6 Å². The van der Waals surface area contributed by atoms with E-state index in [2.05, 4.69) is 26.5 Å². The summed E-state index contributed by atoms with van der Waals surface area (Å²) in [5.74, 6) is -2.48. The monoisotopic (exact) mass is 468 g/mol. The third-order valence-corrected chi connectivity index (χ3v) is 9.00. The summed E-state index contributed by atoms with van der Waals surface area (Å²) in [5.41, 5.74) is 0.629. The van der Waals surface area contributed by atoms with Gasteiger partial charge < -0.3 is 20.4 Å². The van der Waals surface area contributed by atoms with Gasteiger partial charge in [0.1, 0.15) is 5.60 Å². The fraction of sp³-hybridized carbons (Fsp3) is 0.778. The molecule has 3 fully saturated rings. The zero-order valence-corrected chi connectivity index (χ0v) is 20.4. The quantitative estimate of drug-likeness (QED) is 0.427. The van der Waals surface area contributed by atoms with Crippen molar-refractivity contribution in [1.82, 2.24) is 0 Å². The maximum absolute atomic E-state index is 14.4. The molecule has 0 heterocycles. The van der Waals surface area contributed by atoms with Gasteiger partial charge in [0.15, 0.2) is 0 Å². The van der Waals surface area contributed by atoms with E-state index < -0.39 is 36.8 Å². The van der Waals surface area contributed by atoms with Gasteiger partial charge in [0.2, 0.25) is 0 Å². The molecule has 3 saturated carbocycles. The number of aliphatic hydroxyl groups is 4. The summed E-state index contributed by atoms with van der Waals surface area (Å²) in [6.45, 7) is 8.40. The topological polar surface area (TPSA) is 80.9 Å². The van der Waals surface area contributed by atoms with Crippen molar-refractivity contribution in [2.75, 3.05) is 6.61 Å². The molecule has 0 aromatic rings. The minimum absolute atomic E-state index is 0.0550. The van der Waals surface area contributed by atoms with Crippen LogP contribution in [0.25, 0.3) is 0 Å². The molecule has 0 aliphatic heterocycles. The third-order valence-electron chi connectivity index (χ3n) is 9.00. The van der Waals surface area contributed by atoms with Crippen LogP contribution in [0.5, 0.6) is 0 Å². The normalized spacial score (nSPS) is 38.4. The van der Waals surface area contributed by atoms with Crippen molar-refractivity contribution >= 4 is 0 Å². The molecule has 6 heteroatoms. The summed E-state index contributed by atoms with van der Waals surface area (Å²) in [6.07, 6.45) is 8.85. The second-order valence-electron chi connectivity index (χ2n) is 11.3. The average Bonchev–Trinajstić information content (AvgIpc) is 3.11. The smallest absolute Gasteiger partial charge is 0.278 e. The van der Waals surface area contributed by atoms with Crippen LogP contribution in [0.15, 0.2) is 35.5 Å². The Bertz CT molecular complexity index is 787. The molecule has 0 aromatic carbocycles. The molecule has 0 saturated heterocycles. The number of alkyl halides is 2. The van der Waals surface area contributed by atoms with Crippen LogP contribution in [0.2, 0.25) is 0 Å². The van der Waals surface area contributed by atoms with E-state index in [1.807, 2.05) is 6.08 Å². The summed E-state index contributed by atoms with van der Waals surface area (Å²) in [4.78, 5) is 0. The Morgan fingerprint density at radius 2 is 1.94 bits per heavy atom. The van der Waals surface area contributed by atoms with Crippen molar-refractivity contribution < 1.29 is 29.2 Å². The minimum Gasteiger partial charge on any atom is -0.393 e. The molecule has 4 nitrogen and oxygen atoms in total. The summed E-state index contributed by atoms with van der Waals surface area (Å²) in [6, 6.07) is 0. The van der Waals surface area contributed by atoms with Gasteiger partial charge in [-0.05, 0) is 86.2 Å². The number of hydrogen-bond donors (Lipinski definition) is 4. The average molecular weight is 469 g/mol. The molecule has 3 aliphatic carbocycles. The highest BCUT2D eigenvalue weighted by Crippen LogP contribution is 2.60. The van der Waals surface area contributed by atoms with Crippen molar-refractivity contribution in [1.29, 1.82) is 0 Å². The second-order valence-corrected chi connectivity index (χ2v) is 11.3. The lowest BCUT2D eigenvalue weighted by Crippen LogP contribution is -2.48. The van der Waals surface area contributed by atoms with Crippen molar-refractivity contribution in [3.05, 3.63) is 35.5 Å². The Morgan fingerprint density at radius 3 is 2.61 bits per heavy atom. The van der Waals surface area contributed by atoms with Gasteiger partial charge in [-0.15, -0.1) is 0 Å². The van der Waals surface area contributed by atoms with E-state index in [0.29, 0.717) is 36.7 Å². The molecule has 33 heavy (non-hydrogen) atoms. The molecule has 0 radical (unpaired) electrons. The van der Waals surface area contributed by atoms with E-state index in [9.17, 15) is 24.1 Å². The van der Waals surface area contributed by atoms with Gasteiger partial charge in [-0.3, -0.25) is 0 Å². The van der Waals surface area contributed by atoms with Crippen LogP contribution in [0.4, 0.5) is 8.78 Å². The molecule has 4 N–H and O–H groups in total. The summed E-state index contributed by atoms with van der Waals surface area (Å²) < 4.78 is 28.9. The Kier molecular flexibility index (Phi) is 7.94. The molecule has 0 unspecified atom stereocenters. The number of hydrogen-bond acceptors (Lipinski definition) is 4. The molecule has 0 spiro atoms. The zero-order valence-electron chi connectivity index (χ0n) is 20.4. The third kappa shape index (κ3) is 5.29. The number of fused-ring (bicyclic) bond motifs is 1. The van der Waals surface area contributed by atoms with E-state index in [-0.39, 0.29) is 11.3 Å². The van der Waals surface area contributed by atoms with Gasteiger partial charge in [0.05, 0.1) is 18.8 Å². The lowest BCUT2D eigenvalue weighted by atomic mass is 9.60. The van der Waals surface area contributed by atoms with Gasteiger partial charge in [0, 0.05) is 12.8 Å². The van der Waals surface area contributed by atoms with E-state index in [0.717, 1.165) is 44.6 Å². The van der Waals surface area contributed by atoms with Crippen LogP contribution >= 0.6 is 0 Å². The first-order valence-corrected chi connectivity index (χ1v) is 12.5. The summed E-state index contributed by atoms with van der Waals surface area (Å²) in [7, 11) is 0. The summed E-state index contributed by atoms with van der Waals surface area (Å²) >= 11 is 0. The van der Waals surface area contributed by atoms with Gasteiger partial charge in [-0.25, -0.2) is 8.78 Å². The van der Waals surface area contributed by atoms with E-state index in [1.165, 1.54) is 5.57 Å². The van der Waals surface area contributed by atoms with Gasteiger partial charge in [-0.1, -0.05) is 38.2 Å². The maximum atomic E-state index is 14.4. The van der Waals surface area contributed by atoms with E-state index in [1.54, 1.807) is 0 Å². The maximum Gasteiger partial charge on any atom is 0.278 e. The second kappa shape index (κ2) is 9.88. The number of halogens is 2. The molecular formula is C27H42F2O4. The predicted octanol–water partition coefficient (Wildman–Crippen LogP) is 4.92. The number of rotatable bonds is 7.